The van der Waals surface area contributed by atoms with Gasteiger partial charge >= 0.3 is 0 Å². The molecule has 1 rings (SSSR count). The summed E-state index contributed by atoms with van der Waals surface area (Å²) in [5.74, 6) is -0.799. The maximum atomic E-state index is 13.9. The van der Waals surface area contributed by atoms with E-state index in [1.807, 2.05) is 13.8 Å². The summed E-state index contributed by atoms with van der Waals surface area (Å²) in [5, 5.41) is 8.91. The highest BCUT2D eigenvalue weighted by Gasteiger charge is 2.25. The number of aryl methyl sites for hydroxylation is 1. The Kier molecular flexibility index (Phi) is 5.12. The van der Waals surface area contributed by atoms with Crippen LogP contribution in [0, 0.1) is 18.2 Å². The Labute approximate surface area is 119 Å². The van der Waals surface area contributed by atoms with Crippen LogP contribution in [-0.2, 0) is 10.0 Å². The maximum absolute atomic E-state index is 13.9. The van der Waals surface area contributed by atoms with Gasteiger partial charge in [0, 0.05) is 18.8 Å². The summed E-state index contributed by atoms with van der Waals surface area (Å²) in [4.78, 5) is -0.449. The number of anilines is 1. The van der Waals surface area contributed by atoms with Crippen molar-refractivity contribution in [2.45, 2.75) is 32.1 Å². The molecule has 0 aromatic heterocycles. The van der Waals surface area contributed by atoms with Gasteiger partial charge in [-0.2, -0.15) is 0 Å². The van der Waals surface area contributed by atoms with Gasteiger partial charge in [-0.1, -0.05) is 13.8 Å². The Morgan fingerprint density at radius 1 is 1.40 bits per heavy atom. The lowest BCUT2D eigenvalue weighted by Gasteiger charge is -2.24. The van der Waals surface area contributed by atoms with E-state index in [4.69, 9.17) is 10.8 Å². The predicted octanol–water partition coefficient (Wildman–Crippen LogP) is 1.40. The van der Waals surface area contributed by atoms with E-state index < -0.39 is 26.2 Å². The minimum atomic E-state index is -3.97. The molecular formula is C13H21FN2O3S. The Morgan fingerprint density at radius 2 is 2.00 bits per heavy atom. The number of sulfonamides is 1. The molecule has 114 valence electrons. The van der Waals surface area contributed by atoms with E-state index in [1.54, 1.807) is 0 Å². The van der Waals surface area contributed by atoms with Crippen molar-refractivity contribution in [2.24, 2.45) is 5.41 Å². The van der Waals surface area contributed by atoms with Gasteiger partial charge in [-0.15, -0.1) is 0 Å². The van der Waals surface area contributed by atoms with E-state index in [0.717, 1.165) is 6.07 Å². The van der Waals surface area contributed by atoms with Crippen molar-refractivity contribution in [1.82, 2.24) is 4.72 Å². The lowest BCUT2D eigenvalue weighted by molar-refractivity contribution is 0.213. The van der Waals surface area contributed by atoms with Crippen LogP contribution in [-0.4, -0.2) is 26.7 Å². The highest BCUT2D eigenvalue weighted by atomic mass is 32.2. The molecule has 1 aromatic rings. The largest absolute Gasteiger partial charge is 0.399 e. The van der Waals surface area contributed by atoms with Gasteiger partial charge in [-0.3, -0.25) is 0 Å². The molecule has 0 heterocycles. The molecule has 0 aliphatic heterocycles. The fourth-order valence-electron chi connectivity index (χ4n) is 1.72. The number of aliphatic hydroxyl groups is 1. The van der Waals surface area contributed by atoms with E-state index in [9.17, 15) is 12.8 Å². The molecule has 0 fully saturated rings. The number of hydrogen-bond donors (Lipinski definition) is 3. The fourth-order valence-corrected chi connectivity index (χ4v) is 3.14. The smallest absolute Gasteiger partial charge is 0.243 e. The van der Waals surface area contributed by atoms with Crippen LogP contribution in [0.25, 0.3) is 0 Å². The van der Waals surface area contributed by atoms with Crippen molar-refractivity contribution in [1.29, 1.82) is 0 Å². The van der Waals surface area contributed by atoms with Crippen molar-refractivity contribution in [3.63, 3.8) is 0 Å². The monoisotopic (exact) mass is 304 g/mol. The van der Waals surface area contributed by atoms with Crippen molar-refractivity contribution >= 4 is 15.7 Å². The highest BCUT2D eigenvalue weighted by Crippen LogP contribution is 2.23. The Balaban J connectivity index is 3.01. The summed E-state index contributed by atoms with van der Waals surface area (Å²) in [6, 6.07) is 2.48. The molecule has 0 aliphatic rings. The first-order valence-corrected chi connectivity index (χ1v) is 7.73. The molecule has 0 bridgehead atoms. The van der Waals surface area contributed by atoms with Gasteiger partial charge in [0.25, 0.3) is 0 Å². The molecule has 0 radical (unpaired) electrons. The minimum absolute atomic E-state index is 0.0412. The summed E-state index contributed by atoms with van der Waals surface area (Å²) in [6.45, 7) is 5.14. The third-order valence-electron chi connectivity index (χ3n) is 3.06. The normalized spacial score (nSPS) is 12.7. The molecule has 20 heavy (non-hydrogen) atoms. The van der Waals surface area contributed by atoms with Crippen LogP contribution >= 0.6 is 0 Å². The van der Waals surface area contributed by atoms with Crippen LogP contribution in [0.15, 0.2) is 17.0 Å². The van der Waals surface area contributed by atoms with E-state index >= 15 is 0 Å². The highest BCUT2D eigenvalue weighted by molar-refractivity contribution is 7.89. The first-order chi connectivity index (χ1) is 9.09. The van der Waals surface area contributed by atoms with Crippen molar-refractivity contribution in [3.8, 4) is 0 Å². The number of hydrogen-bond acceptors (Lipinski definition) is 4. The third-order valence-corrected chi connectivity index (χ3v) is 4.46. The number of benzene rings is 1. The average Bonchev–Trinajstić information content (AvgIpc) is 2.31. The van der Waals surface area contributed by atoms with Crippen molar-refractivity contribution < 1.29 is 17.9 Å². The topological polar surface area (TPSA) is 92.4 Å². The van der Waals surface area contributed by atoms with Gasteiger partial charge in [0.15, 0.2) is 0 Å². The molecule has 0 unspecified atom stereocenters. The zero-order chi connectivity index (χ0) is 15.6. The van der Waals surface area contributed by atoms with Crippen molar-refractivity contribution in [3.05, 3.63) is 23.5 Å². The number of nitrogens with two attached hydrogens (primary N) is 1. The Hall–Kier alpha value is -1.18. The van der Waals surface area contributed by atoms with Gasteiger partial charge in [-0.25, -0.2) is 17.5 Å². The van der Waals surface area contributed by atoms with E-state index in [-0.39, 0.29) is 24.4 Å². The second kappa shape index (κ2) is 6.07. The van der Waals surface area contributed by atoms with Gasteiger partial charge in [-0.05, 0) is 36.5 Å². The van der Waals surface area contributed by atoms with Crippen LogP contribution in [0.3, 0.4) is 0 Å². The molecule has 7 heteroatoms. The second-order valence-electron chi connectivity index (χ2n) is 5.61. The average molecular weight is 304 g/mol. The summed E-state index contributed by atoms with van der Waals surface area (Å²) in [7, 11) is -3.97. The first-order valence-electron chi connectivity index (χ1n) is 6.25. The summed E-state index contributed by atoms with van der Waals surface area (Å²) >= 11 is 0. The molecule has 5 nitrogen and oxygen atoms in total. The molecule has 1 aromatic carbocycles. The standard InChI is InChI=1S/C13H21FN2O3S/c1-9-6-10(15)7-11(12(9)14)20(18,19)16-8-13(2,3)4-5-17/h6-7,16-17H,4-5,8,15H2,1-3H3. The Morgan fingerprint density at radius 3 is 2.55 bits per heavy atom. The SMILES string of the molecule is Cc1cc(N)cc(S(=O)(=O)NCC(C)(C)CCO)c1F. The number of nitrogens with one attached hydrogen (secondary N) is 1. The molecule has 4 N–H and O–H groups in total. The summed E-state index contributed by atoms with van der Waals surface area (Å²) in [6.07, 6.45) is 0.438. The molecule has 0 atom stereocenters. The number of halogens is 1. The zero-order valence-electron chi connectivity index (χ0n) is 11.9. The van der Waals surface area contributed by atoms with Gasteiger partial charge in [0.1, 0.15) is 10.7 Å². The van der Waals surface area contributed by atoms with Crippen LogP contribution in [0.1, 0.15) is 25.8 Å². The van der Waals surface area contributed by atoms with Crippen LogP contribution in [0.4, 0.5) is 10.1 Å². The molecule has 0 spiro atoms. The third kappa shape index (κ3) is 4.16. The first kappa shape index (κ1) is 16.9. The molecule has 0 aliphatic carbocycles. The number of aliphatic hydroxyl groups excluding tert-OH is 1. The van der Waals surface area contributed by atoms with E-state index in [1.165, 1.54) is 13.0 Å². The van der Waals surface area contributed by atoms with Crippen LogP contribution in [0.2, 0.25) is 0 Å². The fraction of sp³-hybridized carbons (Fsp3) is 0.538. The summed E-state index contributed by atoms with van der Waals surface area (Å²) in [5.41, 5.74) is 5.51. The number of rotatable bonds is 6. The molecule has 0 saturated heterocycles. The molecule has 0 saturated carbocycles. The van der Waals surface area contributed by atoms with Crippen molar-refractivity contribution in [2.75, 3.05) is 18.9 Å². The zero-order valence-corrected chi connectivity index (χ0v) is 12.7. The van der Waals surface area contributed by atoms with E-state index in [2.05, 4.69) is 4.72 Å². The van der Waals surface area contributed by atoms with Crippen LogP contribution < -0.4 is 10.5 Å². The number of nitrogen functional groups attached to an aromatic ring is 1. The van der Waals surface area contributed by atoms with Gasteiger partial charge in [0.2, 0.25) is 10.0 Å². The van der Waals surface area contributed by atoms with Crippen LogP contribution in [0.5, 0.6) is 0 Å². The maximum Gasteiger partial charge on any atom is 0.243 e. The molecular weight excluding hydrogens is 283 g/mol. The summed E-state index contributed by atoms with van der Waals surface area (Å²) < 4.78 is 40.6. The lowest BCUT2D eigenvalue weighted by atomic mass is 9.90. The molecule has 0 amide bonds. The second-order valence-corrected chi connectivity index (χ2v) is 7.35. The van der Waals surface area contributed by atoms with Gasteiger partial charge < -0.3 is 10.8 Å². The van der Waals surface area contributed by atoms with Gasteiger partial charge in [0.05, 0.1) is 0 Å². The van der Waals surface area contributed by atoms with E-state index in [0.29, 0.717) is 6.42 Å². The minimum Gasteiger partial charge on any atom is -0.399 e. The predicted molar refractivity (Wildman–Crippen MR) is 76.2 cm³/mol. The quantitative estimate of drug-likeness (QED) is 0.693. The lowest BCUT2D eigenvalue weighted by Crippen LogP contribution is -2.35. The Bertz CT molecular complexity index is 586.